The highest BCUT2D eigenvalue weighted by Crippen LogP contribution is 2.19. The Labute approximate surface area is 95.2 Å². The van der Waals surface area contributed by atoms with E-state index in [1.165, 1.54) is 0 Å². The molecule has 1 nitrogen and oxygen atoms in total. The van der Waals surface area contributed by atoms with Crippen molar-refractivity contribution < 1.29 is 8.68 Å². The van der Waals surface area contributed by atoms with Gasteiger partial charge in [0.25, 0.3) is 0 Å². The summed E-state index contributed by atoms with van der Waals surface area (Å²) in [5.74, 6) is 0. The van der Waals surface area contributed by atoms with E-state index in [-0.39, 0.29) is 0 Å². The van der Waals surface area contributed by atoms with Gasteiger partial charge in [-0.15, -0.1) is 0 Å². The van der Waals surface area contributed by atoms with Gasteiger partial charge in [0.1, 0.15) is 7.05 Å². The molecule has 0 aliphatic heterocycles. The molecule has 0 spiro atoms. The SMILES string of the molecule is [2H]C([2H])([2H])c1cccc(-c2ccccc2C)[n+]1C. The Kier molecular flexibility index (Phi) is 1.74. The molecule has 0 N–H and O–H groups in total. The lowest BCUT2D eigenvalue weighted by Gasteiger charge is -2.04. The Hall–Kier alpha value is -1.63. The molecule has 1 aromatic heterocycles. The van der Waals surface area contributed by atoms with Gasteiger partial charge in [0, 0.05) is 28.7 Å². The molecule has 0 radical (unpaired) electrons. The summed E-state index contributed by atoms with van der Waals surface area (Å²) in [4.78, 5) is 0. The highest BCUT2D eigenvalue weighted by atomic mass is 14.9. The van der Waals surface area contributed by atoms with Crippen LogP contribution in [0.2, 0.25) is 0 Å². The zero-order valence-electron chi connectivity index (χ0n) is 12.0. The van der Waals surface area contributed by atoms with Crippen molar-refractivity contribution in [3.05, 3.63) is 53.7 Å². The van der Waals surface area contributed by atoms with Crippen molar-refractivity contribution in [3.8, 4) is 11.3 Å². The van der Waals surface area contributed by atoms with Crippen LogP contribution in [0.5, 0.6) is 0 Å². The first-order valence-electron chi connectivity index (χ1n) is 6.47. The van der Waals surface area contributed by atoms with Crippen LogP contribution in [0.15, 0.2) is 42.5 Å². The molecular formula is C14H16N+. The van der Waals surface area contributed by atoms with Crippen molar-refractivity contribution in [2.45, 2.75) is 13.8 Å². The summed E-state index contributed by atoms with van der Waals surface area (Å²) in [6.45, 7) is -0.0647. The quantitative estimate of drug-likeness (QED) is 0.625. The van der Waals surface area contributed by atoms with Gasteiger partial charge in [-0.05, 0) is 24.6 Å². The smallest absolute Gasteiger partial charge is 0.199 e. The molecule has 0 unspecified atom stereocenters. The topological polar surface area (TPSA) is 3.88 Å². The number of hydrogen-bond acceptors (Lipinski definition) is 0. The molecule has 2 rings (SSSR count). The van der Waals surface area contributed by atoms with Crippen molar-refractivity contribution in [3.63, 3.8) is 0 Å². The summed E-state index contributed by atoms with van der Waals surface area (Å²) in [6, 6.07) is 13.4. The molecule has 0 amide bonds. The first kappa shape index (κ1) is 6.78. The minimum atomic E-state index is -2.09. The van der Waals surface area contributed by atoms with E-state index in [9.17, 15) is 0 Å². The molecule has 1 heteroatoms. The number of benzene rings is 1. The lowest BCUT2D eigenvalue weighted by molar-refractivity contribution is -0.666. The summed E-state index contributed by atoms with van der Waals surface area (Å²) in [5, 5.41) is 0. The molecule has 0 saturated heterocycles. The normalized spacial score (nSPS) is 14.1. The van der Waals surface area contributed by atoms with Gasteiger partial charge in [0.2, 0.25) is 5.69 Å². The van der Waals surface area contributed by atoms with E-state index < -0.39 is 6.85 Å². The molecular weight excluding hydrogens is 182 g/mol. The van der Waals surface area contributed by atoms with E-state index in [1.807, 2.05) is 37.3 Å². The standard InChI is InChI=1S/C14H16N/c1-11-7-4-5-9-13(11)14-10-6-8-12(2)15(14)3/h4-10H,1-3H3/q+1/i2D3. The van der Waals surface area contributed by atoms with Crippen LogP contribution < -0.4 is 4.57 Å². The highest BCUT2D eigenvalue weighted by molar-refractivity contribution is 5.60. The number of rotatable bonds is 1. The molecule has 1 aromatic carbocycles. The third-order valence-electron chi connectivity index (χ3n) is 2.65. The second-order valence-electron chi connectivity index (χ2n) is 3.67. The van der Waals surface area contributed by atoms with E-state index >= 15 is 0 Å². The maximum Gasteiger partial charge on any atom is 0.212 e. The highest BCUT2D eigenvalue weighted by Gasteiger charge is 2.12. The Balaban J connectivity index is 2.64. The van der Waals surface area contributed by atoms with Crippen LogP contribution in [0.4, 0.5) is 0 Å². The summed E-state index contributed by atoms with van der Waals surface area (Å²) in [7, 11) is 1.80. The zero-order chi connectivity index (χ0) is 13.3. The molecule has 0 aliphatic carbocycles. The van der Waals surface area contributed by atoms with Gasteiger partial charge in [0.05, 0.1) is 0 Å². The van der Waals surface area contributed by atoms with E-state index in [0.717, 1.165) is 16.8 Å². The van der Waals surface area contributed by atoms with E-state index in [1.54, 1.807) is 23.7 Å². The number of nitrogens with zero attached hydrogens (tertiary/aromatic N) is 1. The fraction of sp³-hybridized carbons (Fsp3) is 0.214. The molecule has 0 aliphatic rings. The average Bonchev–Trinajstić information content (AvgIpc) is 2.29. The molecule has 15 heavy (non-hydrogen) atoms. The first-order chi connectivity index (χ1) is 8.41. The van der Waals surface area contributed by atoms with E-state index in [0.29, 0.717) is 5.69 Å². The summed E-state index contributed by atoms with van der Waals surface area (Å²) >= 11 is 0. The molecule has 0 bridgehead atoms. The lowest BCUT2D eigenvalue weighted by atomic mass is 10.0. The summed E-state index contributed by atoms with van der Waals surface area (Å²) < 4.78 is 24.4. The molecule has 76 valence electrons. The Morgan fingerprint density at radius 3 is 2.60 bits per heavy atom. The predicted molar refractivity (Wildman–Crippen MR) is 62.5 cm³/mol. The minimum absolute atomic E-state index is 0.350. The van der Waals surface area contributed by atoms with Crippen molar-refractivity contribution >= 4 is 0 Å². The van der Waals surface area contributed by atoms with Crippen LogP contribution in [0.25, 0.3) is 11.3 Å². The maximum absolute atomic E-state index is 7.54. The largest absolute Gasteiger partial charge is 0.212 e. The third kappa shape index (κ3) is 1.78. The molecule has 0 saturated carbocycles. The molecule has 1 heterocycles. The van der Waals surface area contributed by atoms with Gasteiger partial charge >= 0.3 is 0 Å². The molecule has 0 atom stereocenters. The van der Waals surface area contributed by atoms with E-state index in [2.05, 4.69) is 0 Å². The average molecular weight is 201 g/mol. The van der Waals surface area contributed by atoms with Crippen LogP contribution in [-0.4, -0.2) is 0 Å². The number of hydrogen-bond donors (Lipinski definition) is 0. The Morgan fingerprint density at radius 1 is 1.07 bits per heavy atom. The molecule has 2 aromatic rings. The third-order valence-corrected chi connectivity index (χ3v) is 2.65. The summed E-state index contributed by atoms with van der Waals surface area (Å²) in [6.07, 6.45) is 0. The monoisotopic (exact) mass is 201 g/mol. The number of aryl methyl sites for hydroxylation is 2. The maximum atomic E-state index is 7.54. The summed E-state index contributed by atoms with van der Waals surface area (Å²) in [5.41, 5.74) is 3.46. The van der Waals surface area contributed by atoms with Gasteiger partial charge in [-0.3, -0.25) is 0 Å². The Bertz CT molecular complexity index is 573. The van der Waals surface area contributed by atoms with Gasteiger partial charge in [-0.1, -0.05) is 18.2 Å². The first-order valence-corrected chi connectivity index (χ1v) is 4.97. The second-order valence-corrected chi connectivity index (χ2v) is 3.67. The Morgan fingerprint density at radius 2 is 1.87 bits per heavy atom. The van der Waals surface area contributed by atoms with Crippen LogP contribution in [0, 0.1) is 13.8 Å². The van der Waals surface area contributed by atoms with Gasteiger partial charge in [0.15, 0.2) is 5.69 Å². The molecule has 0 fully saturated rings. The minimum Gasteiger partial charge on any atom is -0.199 e. The van der Waals surface area contributed by atoms with Crippen LogP contribution in [0.1, 0.15) is 15.4 Å². The van der Waals surface area contributed by atoms with Gasteiger partial charge < -0.3 is 0 Å². The van der Waals surface area contributed by atoms with Crippen molar-refractivity contribution in [1.82, 2.24) is 0 Å². The number of aromatic nitrogens is 1. The predicted octanol–water partition coefficient (Wildman–Crippen LogP) is 2.79. The van der Waals surface area contributed by atoms with Crippen molar-refractivity contribution in [2.24, 2.45) is 7.05 Å². The fourth-order valence-electron chi connectivity index (χ4n) is 1.71. The second kappa shape index (κ2) is 3.85. The van der Waals surface area contributed by atoms with Gasteiger partial charge in [-0.2, -0.15) is 4.57 Å². The fourth-order valence-corrected chi connectivity index (χ4v) is 1.71. The zero-order valence-corrected chi connectivity index (χ0v) is 8.99. The lowest BCUT2D eigenvalue weighted by Crippen LogP contribution is -2.34. The van der Waals surface area contributed by atoms with E-state index in [4.69, 9.17) is 4.11 Å². The van der Waals surface area contributed by atoms with Crippen LogP contribution in [-0.2, 0) is 7.05 Å². The number of pyridine rings is 1. The van der Waals surface area contributed by atoms with Gasteiger partial charge in [-0.25, -0.2) is 0 Å². The van der Waals surface area contributed by atoms with Crippen molar-refractivity contribution in [2.75, 3.05) is 0 Å². The van der Waals surface area contributed by atoms with Crippen LogP contribution in [0.3, 0.4) is 0 Å². The van der Waals surface area contributed by atoms with Crippen molar-refractivity contribution in [1.29, 1.82) is 0 Å². The van der Waals surface area contributed by atoms with Crippen LogP contribution >= 0.6 is 0 Å².